The van der Waals surface area contributed by atoms with Crippen LogP contribution in [-0.2, 0) is 0 Å². The molecule has 1 saturated carbocycles. The minimum absolute atomic E-state index is 0.126. The van der Waals surface area contributed by atoms with Crippen LogP contribution in [0.1, 0.15) is 19.3 Å². The van der Waals surface area contributed by atoms with E-state index in [-0.39, 0.29) is 17.4 Å². The Morgan fingerprint density at radius 2 is 2.24 bits per heavy atom. The molecular weight excluding hydrogens is 227 g/mol. The maximum Gasteiger partial charge on any atom is 0.292 e. The van der Waals surface area contributed by atoms with Crippen molar-refractivity contribution in [1.29, 1.82) is 0 Å². The molecule has 0 spiro atoms. The Hall–Kier alpha value is -1.69. The fraction of sp³-hybridized carbons (Fsp3) is 0.455. The monoisotopic (exact) mass is 240 g/mol. The summed E-state index contributed by atoms with van der Waals surface area (Å²) in [6.45, 7) is 0. The smallest absolute Gasteiger partial charge is 0.292 e. The van der Waals surface area contributed by atoms with E-state index < -0.39 is 16.8 Å². The summed E-state index contributed by atoms with van der Waals surface area (Å²) >= 11 is 0. The molecule has 5 nitrogen and oxygen atoms in total. The highest BCUT2D eigenvalue weighted by molar-refractivity contribution is 5.62. The second-order valence-electron chi connectivity index (χ2n) is 4.17. The molecule has 0 saturated heterocycles. The number of nitro benzene ring substituents is 1. The van der Waals surface area contributed by atoms with Crippen LogP contribution in [0.15, 0.2) is 18.2 Å². The molecule has 0 bridgehead atoms. The second-order valence-corrected chi connectivity index (χ2v) is 4.17. The number of rotatable bonds is 3. The number of hydrogen-bond donors (Lipinski definition) is 2. The minimum atomic E-state index is -0.566. The van der Waals surface area contributed by atoms with Gasteiger partial charge in [0.2, 0.25) is 0 Å². The molecule has 1 fully saturated rings. The molecule has 0 aromatic heterocycles. The molecule has 0 radical (unpaired) electrons. The van der Waals surface area contributed by atoms with Gasteiger partial charge >= 0.3 is 0 Å². The van der Waals surface area contributed by atoms with E-state index >= 15 is 0 Å². The van der Waals surface area contributed by atoms with E-state index in [1.165, 1.54) is 0 Å². The van der Waals surface area contributed by atoms with Crippen molar-refractivity contribution in [1.82, 2.24) is 0 Å². The number of aliphatic hydroxyl groups is 1. The van der Waals surface area contributed by atoms with Crippen LogP contribution in [0, 0.1) is 15.9 Å². The molecule has 1 aromatic carbocycles. The summed E-state index contributed by atoms with van der Waals surface area (Å²) in [7, 11) is 0. The molecule has 92 valence electrons. The largest absolute Gasteiger partial charge is 0.391 e. The summed E-state index contributed by atoms with van der Waals surface area (Å²) in [4.78, 5) is 10.2. The van der Waals surface area contributed by atoms with Crippen molar-refractivity contribution in [2.75, 3.05) is 5.32 Å². The predicted molar refractivity (Wildman–Crippen MR) is 60.3 cm³/mol. The highest BCUT2D eigenvalue weighted by Crippen LogP contribution is 2.29. The van der Waals surface area contributed by atoms with Crippen LogP contribution in [0.2, 0.25) is 0 Å². The summed E-state index contributed by atoms with van der Waals surface area (Å²) in [5.74, 6) is -0.536. The Balaban J connectivity index is 2.24. The number of hydrogen-bond acceptors (Lipinski definition) is 4. The highest BCUT2D eigenvalue weighted by atomic mass is 19.1. The summed E-state index contributed by atoms with van der Waals surface area (Å²) in [6.07, 6.45) is 1.73. The molecule has 0 heterocycles. The zero-order valence-corrected chi connectivity index (χ0v) is 9.10. The first-order valence-electron chi connectivity index (χ1n) is 5.46. The Bertz CT molecular complexity index is 439. The van der Waals surface area contributed by atoms with Crippen molar-refractivity contribution in [2.45, 2.75) is 31.4 Å². The van der Waals surface area contributed by atoms with Crippen LogP contribution in [0.4, 0.5) is 15.8 Å². The normalized spacial score (nSPS) is 23.6. The van der Waals surface area contributed by atoms with Gasteiger partial charge in [-0.15, -0.1) is 0 Å². The van der Waals surface area contributed by atoms with Gasteiger partial charge in [-0.2, -0.15) is 0 Å². The predicted octanol–water partition coefficient (Wildman–Crippen LogP) is 2.06. The van der Waals surface area contributed by atoms with Gasteiger partial charge in [-0.3, -0.25) is 10.1 Å². The van der Waals surface area contributed by atoms with E-state index in [4.69, 9.17) is 0 Å². The lowest BCUT2D eigenvalue weighted by Gasteiger charge is -2.17. The first-order chi connectivity index (χ1) is 8.08. The summed E-state index contributed by atoms with van der Waals surface area (Å²) in [6, 6.07) is 3.02. The first-order valence-corrected chi connectivity index (χ1v) is 5.46. The molecule has 2 rings (SSSR count). The van der Waals surface area contributed by atoms with Gasteiger partial charge < -0.3 is 10.4 Å². The van der Waals surface area contributed by atoms with Crippen LogP contribution in [-0.4, -0.2) is 22.2 Å². The Labute approximate surface area is 97.4 Å². The van der Waals surface area contributed by atoms with E-state index in [2.05, 4.69) is 5.32 Å². The maximum absolute atomic E-state index is 13.1. The van der Waals surface area contributed by atoms with Gasteiger partial charge in [0.15, 0.2) is 0 Å². The molecule has 17 heavy (non-hydrogen) atoms. The SMILES string of the molecule is O=[N+]([O-])c1ccc(F)cc1N[C@@H]1CCC[C@H]1O. The fourth-order valence-electron chi connectivity index (χ4n) is 2.09. The molecule has 1 aliphatic carbocycles. The molecule has 0 amide bonds. The topological polar surface area (TPSA) is 75.4 Å². The van der Waals surface area contributed by atoms with Crippen molar-refractivity contribution in [3.8, 4) is 0 Å². The molecule has 2 atom stereocenters. The van der Waals surface area contributed by atoms with E-state index in [0.29, 0.717) is 6.42 Å². The maximum atomic E-state index is 13.1. The van der Waals surface area contributed by atoms with E-state index in [1.54, 1.807) is 0 Å². The zero-order valence-electron chi connectivity index (χ0n) is 9.10. The summed E-state index contributed by atoms with van der Waals surface area (Å²) < 4.78 is 13.1. The average Bonchev–Trinajstić information content (AvgIpc) is 2.64. The van der Waals surface area contributed by atoms with E-state index in [1.807, 2.05) is 0 Å². The molecule has 0 unspecified atom stereocenters. The quantitative estimate of drug-likeness (QED) is 0.626. The highest BCUT2D eigenvalue weighted by Gasteiger charge is 2.27. The minimum Gasteiger partial charge on any atom is -0.391 e. The molecular formula is C11H13FN2O3. The molecule has 6 heteroatoms. The van der Waals surface area contributed by atoms with Crippen LogP contribution < -0.4 is 5.32 Å². The fourth-order valence-corrected chi connectivity index (χ4v) is 2.09. The van der Waals surface area contributed by atoms with Crippen molar-refractivity contribution >= 4 is 11.4 Å². The zero-order chi connectivity index (χ0) is 12.4. The second kappa shape index (κ2) is 4.67. The number of anilines is 1. The number of halogens is 1. The lowest BCUT2D eigenvalue weighted by atomic mass is 10.2. The lowest BCUT2D eigenvalue weighted by Crippen LogP contribution is -2.28. The number of aliphatic hydroxyl groups excluding tert-OH is 1. The standard InChI is InChI=1S/C11H13FN2O3/c12-7-4-5-10(14(16)17)9(6-7)13-8-2-1-3-11(8)15/h4-6,8,11,13,15H,1-3H2/t8-,11-/m1/s1. The summed E-state index contributed by atoms with van der Waals surface area (Å²) in [5, 5.41) is 23.2. The van der Waals surface area contributed by atoms with Gasteiger partial charge in [0, 0.05) is 12.1 Å². The van der Waals surface area contributed by atoms with Crippen LogP contribution in [0.5, 0.6) is 0 Å². The van der Waals surface area contributed by atoms with E-state index in [9.17, 15) is 19.6 Å². The van der Waals surface area contributed by atoms with Gasteiger partial charge in [0.1, 0.15) is 11.5 Å². The number of nitrogens with zero attached hydrogens (tertiary/aromatic N) is 1. The van der Waals surface area contributed by atoms with E-state index in [0.717, 1.165) is 31.0 Å². The van der Waals surface area contributed by atoms with Crippen LogP contribution in [0.25, 0.3) is 0 Å². The molecule has 0 aliphatic heterocycles. The van der Waals surface area contributed by atoms with Gasteiger partial charge in [0.25, 0.3) is 5.69 Å². The van der Waals surface area contributed by atoms with Crippen LogP contribution in [0.3, 0.4) is 0 Å². The van der Waals surface area contributed by atoms with Gasteiger partial charge in [-0.05, 0) is 25.3 Å². The number of benzene rings is 1. The van der Waals surface area contributed by atoms with Gasteiger partial charge in [0.05, 0.1) is 17.1 Å². The van der Waals surface area contributed by atoms with Gasteiger partial charge in [-0.25, -0.2) is 4.39 Å². The average molecular weight is 240 g/mol. The summed E-state index contributed by atoms with van der Waals surface area (Å²) in [5.41, 5.74) is -0.0496. The Morgan fingerprint density at radius 1 is 1.47 bits per heavy atom. The Kier molecular flexibility index (Phi) is 3.23. The number of nitrogens with one attached hydrogen (secondary N) is 1. The molecule has 1 aliphatic rings. The van der Waals surface area contributed by atoms with Gasteiger partial charge in [-0.1, -0.05) is 0 Å². The van der Waals surface area contributed by atoms with Crippen molar-refractivity contribution in [3.63, 3.8) is 0 Å². The van der Waals surface area contributed by atoms with Crippen molar-refractivity contribution < 1.29 is 14.4 Å². The van der Waals surface area contributed by atoms with Crippen molar-refractivity contribution in [3.05, 3.63) is 34.1 Å². The van der Waals surface area contributed by atoms with Crippen LogP contribution >= 0.6 is 0 Å². The third-order valence-electron chi connectivity index (χ3n) is 2.98. The molecule has 1 aromatic rings. The Morgan fingerprint density at radius 3 is 2.82 bits per heavy atom. The lowest BCUT2D eigenvalue weighted by molar-refractivity contribution is -0.384. The third kappa shape index (κ3) is 2.52. The first kappa shape index (κ1) is 11.8. The van der Waals surface area contributed by atoms with Crippen molar-refractivity contribution in [2.24, 2.45) is 0 Å². The number of nitro groups is 1. The molecule has 2 N–H and O–H groups in total. The third-order valence-corrected chi connectivity index (χ3v) is 2.98.